The van der Waals surface area contributed by atoms with Gasteiger partial charge in [0.1, 0.15) is 5.82 Å². The van der Waals surface area contributed by atoms with Crippen LogP contribution in [0.15, 0.2) is 30.3 Å². The van der Waals surface area contributed by atoms with Crippen molar-refractivity contribution in [3.05, 3.63) is 64.0 Å². The number of fused-ring (bicyclic) bond motifs is 2. The van der Waals surface area contributed by atoms with Gasteiger partial charge in [0.15, 0.2) is 5.82 Å². The highest BCUT2D eigenvalue weighted by atomic mass is 15.2. The van der Waals surface area contributed by atoms with E-state index in [1.165, 1.54) is 46.5 Å². The Balaban J connectivity index is 1.49. The first-order chi connectivity index (χ1) is 18.3. The number of anilines is 2. The molecule has 0 radical (unpaired) electrons. The molecule has 1 unspecified atom stereocenters. The molecule has 2 aromatic heterocycles. The van der Waals surface area contributed by atoms with Crippen molar-refractivity contribution in [2.24, 2.45) is 5.92 Å². The predicted molar refractivity (Wildman–Crippen MR) is 157 cm³/mol. The first-order valence-electron chi connectivity index (χ1n) is 14.2. The molecular weight excluding hydrogens is 468 g/mol. The lowest BCUT2D eigenvalue weighted by molar-refractivity contribution is 0.443. The van der Waals surface area contributed by atoms with E-state index in [2.05, 4.69) is 91.9 Å². The van der Waals surface area contributed by atoms with Crippen LogP contribution >= 0.6 is 0 Å². The van der Waals surface area contributed by atoms with Gasteiger partial charge in [0.05, 0.1) is 16.9 Å². The third-order valence-corrected chi connectivity index (χ3v) is 8.58. The molecular formula is C32H40N6. The normalized spacial score (nSPS) is 17.9. The van der Waals surface area contributed by atoms with Gasteiger partial charge in [-0.25, -0.2) is 9.97 Å². The molecule has 1 N–H and O–H groups in total. The molecule has 0 saturated carbocycles. The van der Waals surface area contributed by atoms with Crippen LogP contribution in [0.1, 0.15) is 73.2 Å². The molecule has 2 aliphatic rings. The van der Waals surface area contributed by atoms with Gasteiger partial charge in [0, 0.05) is 54.8 Å². The van der Waals surface area contributed by atoms with Crippen molar-refractivity contribution < 1.29 is 0 Å². The van der Waals surface area contributed by atoms with E-state index >= 15 is 0 Å². The van der Waals surface area contributed by atoms with Crippen LogP contribution in [-0.2, 0) is 13.0 Å². The van der Waals surface area contributed by atoms with Crippen molar-refractivity contribution >= 4 is 22.4 Å². The van der Waals surface area contributed by atoms with Gasteiger partial charge in [-0.2, -0.15) is 5.10 Å². The quantitative estimate of drug-likeness (QED) is 0.326. The third kappa shape index (κ3) is 4.34. The molecule has 0 spiro atoms. The van der Waals surface area contributed by atoms with E-state index in [0.717, 1.165) is 66.4 Å². The second kappa shape index (κ2) is 9.72. The smallest absolute Gasteiger partial charge is 0.162 e. The van der Waals surface area contributed by atoms with Crippen molar-refractivity contribution in [1.29, 1.82) is 0 Å². The summed E-state index contributed by atoms with van der Waals surface area (Å²) in [6, 6.07) is 11.2. The van der Waals surface area contributed by atoms with E-state index in [0.29, 0.717) is 11.8 Å². The molecule has 1 fully saturated rings. The van der Waals surface area contributed by atoms with Crippen molar-refractivity contribution in [2.45, 2.75) is 73.3 Å². The van der Waals surface area contributed by atoms with E-state index in [1.807, 2.05) is 0 Å². The number of aromatic amines is 1. The highest BCUT2D eigenvalue weighted by Crippen LogP contribution is 2.38. The van der Waals surface area contributed by atoms with E-state index in [9.17, 15) is 0 Å². The summed E-state index contributed by atoms with van der Waals surface area (Å²) in [6.07, 6.45) is 3.42. The number of H-pyrrole nitrogens is 1. The van der Waals surface area contributed by atoms with Crippen molar-refractivity contribution in [3.63, 3.8) is 0 Å². The molecule has 4 aromatic rings. The number of hydrogen-bond acceptors (Lipinski definition) is 5. The Bertz CT molecular complexity index is 1500. The van der Waals surface area contributed by atoms with Crippen LogP contribution in [0, 0.1) is 26.7 Å². The first-order valence-corrected chi connectivity index (χ1v) is 14.2. The summed E-state index contributed by atoms with van der Waals surface area (Å²) in [4.78, 5) is 15.8. The maximum atomic E-state index is 5.39. The van der Waals surface area contributed by atoms with Crippen molar-refractivity contribution in [1.82, 2.24) is 20.2 Å². The van der Waals surface area contributed by atoms with Gasteiger partial charge in [0.25, 0.3) is 0 Å². The van der Waals surface area contributed by atoms with Crippen LogP contribution in [-0.4, -0.2) is 39.8 Å². The standard InChI is InChI=1S/C32H40N6/c1-19(2)24-11-9-21(4)28(16-24)37-15-13-26-25(18-37)32(38-14-7-8-20(3)17-38)34-31(33-26)29-22(5)10-12-27-30(29)23(6)35-36-27/h9-12,16,19-20H,7-8,13-15,17-18H2,1-6H3,(H,35,36). The Morgan fingerprint density at radius 3 is 2.58 bits per heavy atom. The number of nitrogens with one attached hydrogen (secondary N) is 1. The summed E-state index contributed by atoms with van der Waals surface area (Å²) < 4.78 is 0. The lowest BCUT2D eigenvalue weighted by atomic mass is 9.96. The van der Waals surface area contributed by atoms with Gasteiger partial charge in [-0.15, -0.1) is 0 Å². The second-order valence-electron chi connectivity index (χ2n) is 11.9. The van der Waals surface area contributed by atoms with E-state index in [4.69, 9.17) is 9.97 Å². The number of piperidine rings is 1. The van der Waals surface area contributed by atoms with Gasteiger partial charge < -0.3 is 9.80 Å². The summed E-state index contributed by atoms with van der Waals surface area (Å²) in [5.41, 5.74) is 10.9. The topological polar surface area (TPSA) is 60.9 Å². The maximum absolute atomic E-state index is 5.39. The largest absolute Gasteiger partial charge is 0.366 e. The third-order valence-electron chi connectivity index (χ3n) is 8.58. The summed E-state index contributed by atoms with van der Waals surface area (Å²) >= 11 is 0. The number of rotatable bonds is 4. The molecule has 0 bridgehead atoms. The molecule has 4 heterocycles. The summed E-state index contributed by atoms with van der Waals surface area (Å²) in [5.74, 6) is 3.16. The zero-order chi connectivity index (χ0) is 26.6. The van der Waals surface area contributed by atoms with Gasteiger partial charge in [-0.1, -0.05) is 39.0 Å². The Labute approximate surface area is 226 Å². The fourth-order valence-electron chi connectivity index (χ4n) is 6.35. The van der Waals surface area contributed by atoms with E-state index < -0.39 is 0 Å². The molecule has 0 amide bonds. The minimum absolute atomic E-state index is 0.514. The predicted octanol–water partition coefficient (Wildman–Crippen LogP) is 6.87. The molecule has 1 saturated heterocycles. The van der Waals surface area contributed by atoms with Gasteiger partial charge in [0.2, 0.25) is 0 Å². The van der Waals surface area contributed by atoms with Crippen LogP contribution in [0.25, 0.3) is 22.3 Å². The molecule has 2 aliphatic heterocycles. The number of nitrogens with zero attached hydrogens (tertiary/aromatic N) is 5. The maximum Gasteiger partial charge on any atom is 0.162 e. The number of benzene rings is 2. The van der Waals surface area contributed by atoms with Crippen LogP contribution in [0.5, 0.6) is 0 Å². The number of aromatic nitrogens is 4. The van der Waals surface area contributed by atoms with Crippen molar-refractivity contribution in [2.75, 3.05) is 29.4 Å². The molecule has 0 aliphatic carbocycles. The fourth-order valence-corrected chi connectivity index (χ4v) is 6.35. The average Bonchev–Trinajstić information content (AvgIpc) is 3.28. The molecule has 38 heavy (non-hydrogen) atoms. The zero-order valence-electron chi connectivity index (χ0n) is 23.7. The van der Waals surface area contributed by atoms with Gasteiger partial charge >= 0.3 is 0 Å². The Kier molecular flexibility index (Phi) is 6.37. The summed E-state index contributed by atoms with van der Waals surface area (Å²) in [6.45, 7) is 17.3. The monoisotopic (exact) mass is 508 g/mol. The summed E-state index contributed by atoms with van der Waals surface area (Å²) in [7, 11) is 0. The molecule has 2 aromatic carbocycles. The number of aryl methyl sites for hydroxylation is 3. The molecule has 6 rings (SSSR count). The van der Waals surface area contributed by atoms with E-state index in [1.54, 1.807) is 0 Å². The molecule has 198 valence electrons. The Morgan fingerprint density at radius 2 is 1.79 bits per heavy atom. The Hall–Kier alpha value is -3.41. The van der Waals surface area contributed by atoms with Crippen LogP contribution in [0.2, 0.25) is 0 Å². The first kappa shape index (κ1) is 24.9. The van der Waals surface area contributed by atoms with Gasteiger partial charge in [-0.3, -0.25) is 5.10 Å². The minimum atomic E-state index is 0.514. The van der Waals surface area contributed by atoms with Crippen LogP contribution in [0.3, 0.4) is 0 Å². The lowest BCUT2D eigenvalue weighted by Crippen LogP contribution is -2.38. The van der Waals surface area contributed by atoms with E-state index in [-0.39, 0.29) is 0 Å². The minimum Gasteiger partial charge on any atom is -0.366 e. The second-order valence-corrected chi connectivity index (χ2v) is 11.9. The SMILES string of the molecule is Cc1ccc(C(C)C)cc1N1CCc2nc(-c3c(C)ccc4[nH]nc(C)c34)nc(N3CCCC(C)C3)c2C1. The average molecular weight is 509 g/mol. The highest BCUT2D eigenvalue weighted by Gasteiger charge is 2.29. The highest BCUT2D eigenvalue weighted by molar-refractivity contribution is 5.96. The molecule has 6 nitrogen and oxygen atoms in total. The van der Waals surface area contributed by atoms with Crippen LogP contribution < -0.4 is 9.80 Å². The lowest BCUT2D eigenvalue weighted by Gasteiger charge is -2.37. The number of hydrogen-bond donors (Lipinski definition) is 1. The molecule has 1 atom stereocenters. The Morgan fingerprint density at radius 1 is 0.974 bits per heavy atom. The zero-order valence-corrected chi connectivity index (χ0v) is 23.7. The summed E-state index contributed by atoms with van der Waals surface area (Å²) in [5, 5.41) is 8.84. The van der Waals surface area contributed by atoms with Crippen LogP contribution in [0.4, 0.5) is 11.5 Å². The van der Waals surface area contributed by atoms with Gasteiger partial charge in [-0.05, 0) is 74.3 Å². The fraction of sp³-hybridized carbons (Fsp3) is 0.469. The molecule has 6 heteroatoms. The van der Waals surface area contributed by atoms with Crippen molar-refractivity contribution in [3.8, 4) is 11.4 Å².